The van der Waals surface area contributed by atoms with Gasteiger partial charge in [0, 0.05) is 25.7 Å². The number of phosphoric acid groups is 2. The lowest BCUT2D eigenvalue weighted by Crippen LogP contribution is -2.30. The Morgan fingerprint density at radius 1 is 0.302 bits per heavy atom. The van der Waals surface area contributed by atoms with Crippen molar-refractivity contribution >= 4 is 39.5 Å². The van der Waals surface area contributed by atoms with E-state index in [9.17, 15) is 43.2 Å². The third kappa shape index (κ3) is 69.2. The Kier molecular flexibility index (Phi) is 67.4. The second-order valence-corrected chi connectivity index (χ2v) is 31.4. The Hall–Kier alpha value is -1.94. The van der Waals surface area contributed by atoms with Gasteiger partial charge in [0.25, 0.3) is 0 Å². The summed E-state index contributed by atoms with van der Waals surface area (Å²) in [5.74, 6) is -0.582. The zero-order valence-electron chi connectivity index (χ0n) is 62.7. The summed E-state index contributed by atoms with van der Waals surface area (Å²) < 4.78 is 68.4. The van der Waals surface area contributed by atoms with E-state index >= 15 is 0 Å². The number of unbranched alkanes of at least 4 members (excludes halogenated alkanes) is 45. The number of aliphatic hydroxyl groups excluding tert-OH is 1. The smallest absolute Gasteiger partial charge is 0.462 e. The maximum atomic E-state index is 13.1. The van der Waals surface area contributed by atoms with Crippen LogP contribution in [0.2, 0.25) is 0 Å². The summed E-state index contributed by atoms with van der Waals surface area (Å²) in [7, 11) is -9.90. The number of hydrogen-bond donors (Lipinski definition) is 3. The highest BCUT2D eigenvalue weighted by Gasteiger charge is 2.30. The zero-order chi connectivity index (χ0) is 70.7. The Morgan fingerprint density at radius 2 is 0.531 bits per heavy atom. The third-order valence-electron chi connectivity index (χ3n) is 18.3. The summed E-state index contributed by atoms with van der Waals surface area (Å²) in [4.78, 5) is 72.6. The summed E-state index contributed by atoms with van der Waals surface area (Å²) in [6.07, 6.45) is 57.3. The molecule has 0 bridgehead atoms. The van der Waals surface area contributed by atoms with Gasteiger partial charge in [0.2, 0.25) is 0 Å². The Morgan fingerprint density at radius 3 is 0.792 bits per heavy atom. The molecule has 0 heterocycles. The second kappa shape index (κ2) is 68.8. The molecular formula is C77H150O17P2. The van der Waals surface area contributed by atoms with Crippen LogP contribution < -0.4 is 0 Å². The predicted octanol–water partition coefficient (Wildman–Crippen LogP) is 22.7. The van der Waals surface area contributed by atoms with Gasteiger partial charge in [0.15, 0.2) is 12.2 Å². The van der Waals surface area contributed by atoms with E-state index < -0.39 is 97.5 Å². The quantitative estimate of drug-likeness (QED) is 0.0222. The molecule has 96 heavy (non-hydrogen) atoms. The van der Waals surface area contributed by atoms with Gasteiger partial charge >= 0.3 is 39.5 Å². The molecule has 0 saturated heterocycles. The normalized spacial score (nSPS) is 14.3. The van der Waals surface area contributed by atoms with Gasteiger partial charge in [0.05, 0.1) is 26.4 Å². The van der Waals surface area contributed by atoms with E-state index in [1.165, 1.54) is 205 Å². The van der Waals surface area contributed by atoms with Crippen LogP contribution in [0.3, 0.4) is 0 Å². The lowest BCUT2D eigenvalue weighted by atomic mass is 10.00. The molecule has 0 aliphatic rings. The Bertz CT molecular complexity index is 1860. The fourth-order valence-electron chi connectivity index (χ4n) is 11.8. The molecule has 6 atom stereocenters. The van der Waals surface area contributed by atoms with E-state index in [4.69, 9.17) is 37.0 Å². The van der Waals surface area contributed by atoms with E-state index in [1.54, 1.807) is 0 Å². The largest absolute Gasteiger partial charge is 0.472 e. The Balaban J connectivity index is 5.15. The molecule has 570 valence electrons. The number of ether oxygens (including phenoxy) is 4. The first kappa shape index (κ1) is 94.1. The van der Waals surface area contributed by atoms with E-state index in [0.29, 0.717) is 25.7 Å². The van der Waals surface area contributed by atoms with Crippen LogP contribution in [0.5, 0.6) is 0 Å². The maximum absolute atomic E-state index is 13.1. The monoisotopic (exact) mass is 1410 g/mol. The Labute approximate surface area is 588 Å². The molecule has 0 amide bonds. The molecule has 0 aliphatic heterocycles. The SMILES string of the molecule is CCCCCCCCCCCCCCCCCCCCC(=O)OC[C@H](COP(=O)(O)OC[C@@H](O)COP(=O)(O)OC[C@@H](COC(=O)CCCCCCCCC)OC(=O)CCCCCCCCC(C)CC)OC(=O)CCCCCCCCCCCCCCCCCCCCC(C)C. The van der Waals surface area contributed by atoms with Gasteiger partial charge in [-0.2, -0.15) is 0 Å². The van der Waals surface area contributed by atoms with Crippen LogP contribution in [0.25, 0.3) is 0 Å². The minimum absolute atomic E-state index is 0.103. The lowest BCUT2D eigenvalue weighted by Gasteiger charge is -2.21. The van der Waals surface area contributed by atoms with E-state index in [0.717, 1.165) is 115 Å². The van der Waals surface area contributed by atoms with Crippen LogP contribution in [0.4, 0.5) is 0 Å². The molecule has 0 saturated carbocycles. The molecule has 19 heteroatoms. The zero-order valence-corrected chi connectivity index (χ0v) is 64.5. The minimum atomic E-state index is -4.96. The van der Waals surface area contributed by atoms with Crippen LogP contribution in [0.15, 0.2) is 0 Å². The average molecular weight is 1410 g/mol. The van der Waals surface area contributed by atoms with Crippen LogP contribution >= 0.6 is 15.6 Å². The minimum Gasteiger partial charge on any atom is -0.462 e. The molecule has 0 aliphatic carbocycles. The number of hydrogen-bond acceptors (Lipinski definition) is 15. The molecule has 0 radical (unpaired) electrons. The van der Waals surface area contributed by atoms with Gasteiger partial charge in [0.1, 0.15) is 19.3 Å². The molecule has 0 spiro atoms. The topological polar surface area (TPSA) is 237 Å². The van der Waals surface area contributed by atoms with Crippen molar-refractivity contribution in [2.24, 2.45) is 11.8 Å². The molecule has 17 nitrogen and oxygen atoms in total. The highest BCUT2D eigenvalue weighted by molar-refractivity contribution is 7.47. The van der Waals surface area contributed by atoms with E-state index in [-0.39, 0.29) is 25.7 Å². The molecule has 0 rings (SSSR count). The number of carbonyl (C=O) groups excluding carboxylic acids is 4. The van der Waals surface area contributed by atoms with Crippen molar-refractivity contribution in [2.45, 2.75) is 419 Å². The predicted molar refractivity (Wildman–Crippen MR) is 391 cm³/mol. The second-order valence-electron chi connectivity index (χ2n) is 28.5. The fourth-order valence-corrected chi connectivity index (χ4v) is 13.4. The van der Waals surface area contributed by atoms with Crippen LogP contribution in [0.1, 0.15) is 401 Å². The fraction of sp³-hybridized carbons (Fsp3) is 0.948. The van der Waals surface area contributed by atoms with Crippen molar-refractivity contribution in [3.8, 4) is 0 Å². The summed E-state index contributed by atoms with van der Waals surface area (Å²) in [5.41, 5.74) is 0. The molecular weight excluding hydrogens is 1260 g/mol. The standard InChI is InChI=1S/C77H150O17P2/c1-7-10-12-14-16-17-18-19-20-21-25-28-31-34-37-41-48-54-60-75(80)88-66-72(93-76(81)61-55-49-42-38-35-32-29-26-23-22-24-27-30-33-36-40-45-51-57-69(4)5)67-91-95(83,84)89-63-71(78)64-90-96(85,86)92-68-73(65-87-74(79)59-53-47-39-15-13-11-8-2)94-77(82)62-56-50-44-43-46-52-58-70(6)9-3/h69-73,78H,7-68H2,1-6H3,(H,83,84)(H,85,86)/t70?,71-,72-,73-/m1/s1. The van der Waals surface area contributed by atoms with Gasteiger partial charge in [-0.25, -0.2) is 9.13 Å². The third-order valence-corrected chi connectivity index (χ3v) is 20.2. The average Bonchev–Trinajstić information content (AvgIpc) is 1.76. The molecule has 0 aromatic rings. The first-order chi connectivity index (χ1) is 46.4. The highest BCUT2D eigenvalue weighted by Crippen LogP contribution is 2.45. The number of phosphoric ester groups is 2. The van der Waals surface area contributed by atoms with Gasteiger partial charge < -0.3 is 33.8 Å². The molecule has 3 unspecified atom stereocenters. The van der Waals surface area contributed by atoms with Crippen molar-refractivity contribution in [1.82, 2.24) is 0 Å². The summed E-state index contributed by atoms with van der Waals surface area (Å²) in [5, 5.41) is 10.6. The number of esters is 4. The number of rotatable bonds is 76. The van der Waals surface area contributed by atoms with Gasteiger partial charge in [-0.15, -0.1) is 0 Å². The van der Waals surface area contributed by atoms with Crippen molar-refractivity contribution in [3.05, 3.63) is 0 Å². The first-order valence-electron chi connectivity index (χ1n) is 40.0. The van der Waals surface area contributed by atoms with Gasteiger partial charge in [-0.3, -0.25) is 37.3 Å². The van der Waals surface area contributed by atoms with Gasteiger partial charge in [-0.05, 0) is 37.5 Å². The van der Waals surface area contributed by atoms with Crippen molar-refractivity contribution in [3.63, 3.8) is 0 Å². The highest BCUT2D eigenvalue weighted by atomic mass is 31.2. The summed E-state index contributed by atoms with van der Waals surface area (Å²) >= 11 is 0. The van der Waals surface area contributed by atoms with Crippen LogP contribution in [-0.4, -0.2) is 96.7 Å². The molecule has 3 N–H and O–H groups in total. The first-order valence-corrected chi connectivity index (χ1v) is 43.0. The molecule has 0 aromatic carbocycles. The van der Waals surface area contributed by atoms with Crippen LogP contribution in [-0.2, 0) is 65.4 Å². The van der Waals surface area contributed by atoms with Crippen molar-refractivity contribution in [2.75, 3.05) is 39.6 Å². The van der Waals surface area contributed by atoms with Gasteiger partial charge in [-0.1, -0.05) is 350 Å². The number of aliphatic hydroxyl groups is 1. The number of carbonyl (C=O) groups is 4. The van der Waals surface area contributed by atoms with Crippen LogP contribution in [0, 0.1) is 11.8 Å². The molecule has 0 fully saturated rings. The van der Waals surface area contributed by atoms with Crippen molar-refractivity contribution in [1.29, 1.82) is 0 Å². The summed E-state index contributed by atoms with van der Waals surface area (Å²) in [6.45, 7) is 9.54. The lowest BCUT2D eigenvalue weighted by molar-refractivity contribution is -0.161. The summed E-state index contributed by atoms with van der Waals surface area (Å²) in [6, 6.07) is 0. The van der Waals surface area contributed by atoms with Crippen molar-refractivity contribution < 1.29 is 80.2 Å². The van der Waals surface area contributed by atoms with E-state index in [2.05, 4.69) is 41.5 Å². The van der Waals surface area contributed by atoms with E-state index in [1.807, 2.05) is 0 Å². The molecule has 0 aromatic heterocycles. The maximum Gasteiger partial charge on any atom is 0.472 e.